The van der Waals surface area contributed by atoms with Gasteiger partial charge in [0.25, 0.3) is 0 Å². The van der Waals surface area contributed by atoms with E-state index in [4.69, 9.17) is 0 Å². The van der Waals surface area contributed by atoms with Crippen molar-refractivity contribution in [3.8, 4) is 0 Å². The van der Waals surface area contributed by atoms with Crippen molar-refractivity contribution < 1.29 is 18.0 Å². The van der Waals surface area contributed by atoms with E-state index in [1.807, 2.05) is 0 Å². The van der Waals surface area contributed by atoms with E-state index in [0.717, 1.165) is 0 Å². The number of carbonyl (C=O) groups is 2. The summed E-state index contributed by atoms with van der Waals surface area (Å²) in [5.41, 5.74) is 0. The number of carbonyl (C=O) groups excluding carboxylic acids is 2. The number of nitrogens with one attached hydrogen (secondary N) is 1. The zero-order valence-corrected chi connectivity index (χ0v) is 9.05. The van der Waals surface area contributed by atoms with Gasteiger partial charge in [-0.25, -0.2) is 8.42 Å². The Morgan fingerprint density at radius 2 is 1.73 bits per heavy atom. The molecule has 1 atom stereocenters. The maximum atomic E-state index is 11.4. The van der Waals surface area contributed by atoms with E-state index in [2.05, 4.69) is 5.32 Å². The number of amides is 2. The highest BCUT2D eigenvalue weighted by Crippen LogP contribution is 2.30. The van der Waals surface area contributed by atoms with Gasteiger partial charge in [0.15, 0.2) is 0 Å². The van der Waals surface area contributed by atoms with E-state index in [9.17, 15) is 18.0 Å². The zero-order valence-electron chi connectivity index (χ0n) is 8.23. The summed E-state index contributed by atoms with van der Waals surface area (Å²) in [4.78, 5) is 22.3. The fraction of sp³-hybridized carbons (Fsp3) is 0.778. The maximum absolute atomic E-state index is 11.4. The van der Waals surface area contributed by atoms with Crippen LogP contribution in [-0.2, 0) is 19.4 Å². The monoisotopic (exact) mass is 231 g/mol. The number of hydrogen-bond donors (Lipinski definition) is 1. The highest BCUT2D eigenvalue weighted by atomic mass is 32.2. The smallest absolute Gasteiger partial charge is 0.230 e. The van der Waals surface area contributed by atoms with E-state index in [1.165, 1.54) is 0 Å². The number of rotatable bonds is 1. The summed E-state index contributed by atoms with van der Waals surface area (Å²) in [5.74, 6) is -0.415. The first-order chi connectivity index (χ1) is 6.98. The molecule has 6 heteroatoms. The molecule has 2 amide bonds. The van der Waals surface area contributed by atoms with Crippen LogP contribution in [0.4, 0.5) is 0 Å². The van der Waals surface area contributed by atoms with Crippen LogP contribution >= 0.6 is 0 Å². The minimum atomic E-state index is -2.89. The third kappa shape index (κ3) is 2.19. The summed E-state index contributed by atoms with van der Waals surface area (Å²) < 4.78 is 22.4. The van der Waals surface area contributed by atoms with Gasteiger partial charge in [-0.2, -0.15) is 0 Å². The minimum Gasteiger partial charge on any atom is -0.296 e. The quantitative estimate of drug-likeness (QED) is 0.615. The topological polar surface area (TPSA) is 80.3 Å². The fourth-order valence-electron chi connectivity index (χ4n) is 2.26. The fourth-order valence-corrected chi connectivity index (χ4v) is 3.79. The average Bonchev–Trinajstić information content (AvgIpc) is 2.45. The lowest BCUT2D eigenvalue weighted by atomic mass is 9.86. The van der Waals surface area contributed by atoms with Crippen molar-refractivity contribution >= 4 is 21.7 Å². The molecule has 0 bridgehead atoms. The molecule has 0 spiro atoms. The van der Waals surface area contributed by atoms with Gasteiger partial charge in [-0.15, -0.1) is 0 Å². The molecule has 2 heterocycles. The normalized spacial score (nSPS) is 31.6. The Morgan fingerprint density at radius 3 is 2.20 bits per heavy atom. The molecule has 2 fully saturated rings. The first-order valence-corrected chi connectivity index (χ1v) is 6.84. The summed E-state index contributed by atoms with van der Waals surface area (Å²) in [7, 11) is -2.89. The van der Waals surface area contributed by atoms with Crippen LogP contribution in [0.25, 0.3) is 0 Å². The third-order valence-corrected chi connectivity index (χ3v) is 4.89. The van der Waals surface area contributed by atoms with Crippen LogP contribution in [0.15, 0.2) is 0 Å². The molecule has 2 rings (SSSR count). The lowest BCUT2D eigenvalue weighted by Crippen LogP contribution is -2.32. The van der Waals surface area contributed by atoms with Crippen LogP contribution in [0.3, 0.4) is 0 Å². The Kier molecular flexibility index (Phi) is 2.54. The van der Waals surface area contributed by atoms with Crippen LogP contribution in [0, 0.1) is 11.8 Å². The predicted molar refractivity (Wildman–Crippen MR) is 52.6 cm³/mol. The van der Waals surface area contributed by atoms with Gasteiger partial charge in [0.1, 0.15) is 9.84 Å². The molecule has 0 aromatic rings. The van der Waals surface area contributed by atoms with Crippen LogP contribution in [-0.4, -0.2) is 31.7 Å². The van der Waals surface area contributed by atoms with Crippen molar-refractivity contribution in [2.75, 3.05) is 11.5 Å². The summed E-state index contributed by atoms with van der Waals surface area (Å²) >= 11 is 0. The molecule has 1 N–H and O–H groups in total. The number of hydrogen-bond acceptors (Lipinski definition) is 4. The third-order valence-electron chi connectivity index (χ3n) is 3.17. The molecule has 2 saturated heterocycles. The van der Waals surface area contributed by atoms with Gasteiger partial charge in [-0.1, -0.05) is 0 Å². The van der Waals surface area contributed by atoms with Crippen molar-refractivity contribution in [3.05, 3.63) is 0 Å². The lowest BCUT2D eigenvalue weighted by molar-refractivity contribution is -0.126. The van der Waals surface area contributed by atoms with E-state index in [-0.39, 0.29) is 41.6 Å². The standard InChI is InChI=1S/C9H13NO4S/c11-8-5-7(9(12)10-8)6-1-3-15(13,14)4-2-6/h6-7H,1-5H2,(H,10,11,12). The molecule has 0 radical (unpaired) electrons. The summed E-state index contributed by atoms with van der Waals surface area (Å²) in [6, 6.07) is 0. The molecule has 0 saturated carbocycles. The molecule has 2 aliphatic rings. The highest BCUT2D eigenvalue weighted by molar-refractivity contribution is 7.91. The Balaban J connectivity index is 2.02. The molecular formula is C9H13NO4S. The van der Waals surface area contributed by atoms with E-state index >= 15 is 0 Å². The molecule has 84 valence electrons. The van der Waals surface area contributed by atoms with Gasteiger partial charge in [-0.05, 0) is 18.8 Å². The first kappa shape index (κ1) is 10.6. The summed E-state index contributed by atoms with van der Waals surface area (Å²) in [5, 5.41) is 2.26. The van der Waals surface area contributed by atoms with Gasteiger partial charge < -0.3 is 0 Å². The van der Waals surface area contributed by atoms with E-state index < -0.39 is 9.84 Å². The molecule has 0 aromatic heterocycles. The Labute approximate surface area is 88.1 Å². The van der Waals surface area contributed by atoms with E-state index in [1.54, 1.807) is 0 Å². The Morgan fingerprint density at radius 1 is 1.13 bits per heavy atom. The highest BCUT2D eigenvalue weighted by Gasteiger charge is 2.39. The second-order valence-electron chi connectivity index (χ2n) is 4.21. The SMILES string of the molecule is O=C1CC(C2CCS(=O)(=O)CC2)C(=O)N1. The largest absolute Gasteiger partial charge is 0.296 e. The van der Waals surface area contributed by atoms with Crippen molar-refractivity contribution in [3.63, 3.8) is 0 Å². The molecule has 0 aromatic carbocycles. The molecule has 1 unspecified atom stereocenters. The van der Waals surface area contributed by atoms with Crippen LogP contribution in [0.1, 0.15) is 19.3 Å². The zero-order chi connectivity index (χ0) is 11.1. The van der Waals surface area contributed by atoms with Gasteiger partial charge in [0.2, 0.25) is 11.8 Å². The Bertz CT molecular complexity index is 386. The van der Waals surface area contributed by atoms with Crippen molar-refractivity contribution in [1.29, 1.82) is 0 Å². The summed E-state index contributed by atoms with van der Waals surface area (Å²) in [6.45, 7) is 0. The van der Waals surface area contributed by atoms with Crippen LogP contribution in [0.2, 0.25) is 0 Å². The van der Waals surface area contributed by atoms with Crippen molar-refractivity contribution in [2.45, 2.75) is 19.3 Å². The Hall–Kier alpha value is -0.910. The molecule has 5 nitrogen and oxygen atoms in total. The average molecular weight is 231 g/mol. The number of imide groups is 1. The van der Waals surface area contributed by atoms with Crippen LogP contribution < -0.4 is 5.32 Å². The number of sulfone groups is 1. The maximum Gasteiger partial charge on any atom is 0.230 e. The molecule has 15 heavy (non-hydrogen) atoms. The van der Waals surface area contributed by atoms with Crippen molar-refractivity contribution in [1.82, 2.24) is 5.32 Å². The minimum absolute atomic E-state index is 0.0555. The molecule has 2 aliphatic heterocycles. The van der Waals surface area contributed by atoms with Gasteiger partial charge in [-0.3, -0.25) is 14.9 Å². The first-order valence-electron chi connectivity index (χ1n) is 5.02. The van der Waals surface area contributed by atoms with Gasteiger partial charge in [0, 0.05) is 6.42 Å². The van der Waals surface area contributed by atoms with E-state index in [0.29, 0.717) is 12.8 Å². The second-order valence-corrected chi connectivity index (χ2v) is 6.52. The van der Waals surface area contributed by atoms with Crippen molar-refractivity contribution in [2.24, 2.45) is 11.8 Å². The second kappa shape index (κ2) is 3.59. The summed E-state index contributed by atoms with van der Waals surface area (Å²) in [6.07, 6.45) is 1.24. The van der Waals surface area contributed by atoms with Gasteiger partial charge in [0.05, 0.1) is 17.4 Å². The van der Waals surface area contributed by atoms with Crippen LogP contribution in [0.5, 0.6) is 0 Å². The van der Waals surface area contributed by atoms with Gasteiger partial charge >= 0.3 is 0 Å². The predicted octanol–water partition coefficient (Wildman–Crippen LogP) is -0.526. The molecule has 0 aliphatic carbocycles. The lowest BCUT2D eigenvalue weighted by Gasteiger charge is -2.24. The molecular weight excluding hydrogens is 218 g/mol.